The lowest BCUT2D eigenvalue weighted by Crippen LogP contribution is -2.23. The summed E-state index contributed by atoms with van der Waals surface area (Å²) in [4.78, 5) is 28.5. The van der Waals surface area contributed by atoms with Gasteiger partial charge in [-0.1, -0.05) is 5.16 Å². The number of rotatable bonds is 9. The maximum absolute atomic E-state index is 12.0. The first-order valence-corrected chi connectivity index (χ1v) is 10.9. The van der Waals surface area contributed by atoms with Crippen molar-refractivity contribution >= 4 is 33.3 Å². The van der Waals surface area contributed by atoms with Crippen LogP contribution in [0.2, 0.25) is 0 Å². The van der Waals surface area contributed by atoms with Crippen molar-refractivity contribution in [1.82, 2.24) is 0 Å². The first-order chi connectivity index (χ1) is 15.7. The molecule has 0 bridgehead atoms. The fraction of sp³-hybridized carbons (Fsp3) is 0.250. The van der Waals surface area contributed by atoms with Crippen LogP contribution in [0, 0.1) is 0 Å². The largest absolute Gasteiger partial charge is 0.495 e. The zero-order valence-electron chi connectivity index (χ0n) is 17.7. The molecule has 1 heterocycles. The van der Waals surface area contributed by atoms with E-state index in [0.717, 1.165) is 6.07 Å². The van der Waals surface area contributed by atoms with E-state index in [4.69, 9.17) is 28.9 Å². The second-order valence-electron chi connectivity index (χ2n) is 6.64. The highest BCUT2D eigenvalue weighted by molar-refractivity contribution is 7.89. The summed E-state index contributed by atoms with van der Waals surface area (Å²) >= 11 is 0. The number of nitrogens with two attached hydrogens (primary N) is 1. The van der Waals surface area contributed by atoms with Gasteiger partial charge in [-0.2, -0.15) is 0 Å². The number of fused-ring (bicyclic) bond motifs is 1. The van der Waals surface area contributed by atoms with Gasteiger partial charge in [-0.05, 0) is 43.3 Å². The van der Waals surface area contributed by atoms with Crippen molar-refractivity contribution in [3.8, 4) is 17.2 Å². The highest BCUT2D eigenvalue weighted by Crippen LogP contribution is 2.32. The van der Waals surface area contributed by atoms with Gasteiger partial charge in [-0.15, -0.1) is 0 Å². The molecular weight excluding hydrogens is 458 g/mol. The molecule has 0 saturated carbocycles. The van der Waals surface area contributed by atoms with E-state index in [0.29, 0.717) is 22.8 Å². The molecule has 0 aromatic heterocycles. The van der Waals surface area contributed by atoms with E-state index in [1.165, 1.54) is 19.2 Å². The Kier molecular flexibility index (Phi) is 7.35. The third-order valence-electron chi connectivity index (χ3n) is 4.29. The number of nitrogens with zero attached hydrogens (tertiary/aromatic N) is 1. The average Bonchev–Trinajstić information content (AvgIpc) is 3.25. The normalized spacial score (nSPS) is 12.8. The standard InChI is InChI=1S/C20H21N3O9S/c1-12(13-3-5-15-17(7-13)31-11-30-15)23-32-10-20(25)29-9-19(24)22-14-4-6-16(28-2)18(8-14)33(21,26)27/h3-8H,9-11H2,1-2H3,(H,22,24)(H2,21,26,27)/b23-12+. The molecule has 176 valence electrons. The molecule has 1 aliphatic heterocycles. The molecule has 0 aliphatic carbocycles. The number of oxime groups is 1. The number of nitrogens with one attached hydrogen (secondary N) is 1. The van der Waals surface area contributed by atoms with Crippen LogP contribution in [0.25, 0.3) is 0 Å². The smallest absolute Gasteiger partial charge is 0.347 e. The van der Waals surface area contributed by atoms with Gasteiger partial charge in [0.25, 0.3) is 5.91 Å². The number of methoxy groups -OCH3 is 1. The Morgan fingerprint density at radius 3 is 2.61 bits per heavy atom. The van der Waals surface area contributed by atoms with Crippen LogP contribution < -0.4 is 24.7 Å². The number of anilines is 1. The van der Waals surface area contributed by atoms with E-state index < -0.39 is 35.1 Å². The molecule has 33 heavy (non-hydrogen) atoms. The summed E-state index contributed by atoms with van der Waals surface area (Å²) in [6.07, 6.45) is 0. The van der Waals surface area contributed by atoms with E-state index in [1.54, 1.807) is 25.1 Å². The van der Waals surface area contributed by atoms with Gasteiger partial charge < -0.3 is 29.1 Å². The molecule has 1 amide bonds. The molecule has 0 saturated heterocycles. The molecule has 13 heteroatoms. The molecule has 0 fully saturated rings. The second-order valence-corrected chi connectivity index (χ2v) is 8.17. The summed E-state index contributed by atoms with van der Waals surface area (Å²) in [6, 6.07) is 9.09. The predicted molar refractivity (Wildman–Crippen MR) is 115 cm³/mol. The lowest BCUT2D eigenvalue weighted by atomic mass is 10.1. The molecule has 1 aliphatic rings. The first-order valence-electron chi connectivity index (χ1n) is 9.40. The number of esters is 1. The van der Waals surface area contributed by atoms with Crippen LogP contribution in [-0.2, 0) is 29.2 Å². The van der Waals surface area contributed by atoms with E-state index >= 15 is 0 Å². The molecular formula is C20H21N3O9S. The zero-order chi connectivity index (χ0) is 24.0. The van der Waals surface area contributed by atoms with Crippen LogP contribution in [0.15, 0.2) is 46.4 Å². The minimum Gasteiger partial charge on any atom is -0.495 e. The van der Waals surface area contributed by atoms with Crippen molar-refractivity contribution in [2.75, 3.05) is 32.4 Å². The van der Waals surface area contributed by atoms with Gasteiger partial charge in [0, 0.05) is 11.3 Å². The Labute approximate surface area is 189 Å². The summed E-state index contributed by atoms with van der Waals surface area (Å²) in [5, 5.41) is 11.4. The molecule has 12 nitrogen and oxygen atoms in total. The van der Waals surface area contributed by atoms with Gasteiger partial charge in [-0.25, -0.2) is 18.4 Å². The monoisotopic (exact) mass is 479 g/mol. The summed E-state index contributed by atoms with van der Waals surface area (Å²) in [6.45, 7) is 0.689. The van der Waals surface area contributed by atoms with Crippen molar-refractivity contribution in [3.05, 3.63) is 42.0 Å². The number of hydrogen-bond acceptors (Lipinski definition) is 10. The third-order valence-corrected chi connectivity index (χ3v) is 5.22. The van der Waals surface area contributed by atoms with Crippen molar-refractivity contribution < 1.29 is 41.8 Å². The van der Waals surface area contributed by atoms with Crippen molar-refractivity contribution in [1.29, 1.82) is 0 Å². The van der Waals surface area contributed by atoms with Gasteiger partial charge in [0.1, 0.15) is 10.6 Å². The van der Waals surface area contributed by atoms with Crippen LogP contribution >= 0.6 is 0 Å². The Hall–Kier alpha value is -3.84. The molecule has 3 N–H and O–H groups in total. The lowest BCUT2D eigenvalue weighted by molar-refractivity contribution is -0.151. The molecule has 0 spiro atoms. The number of sulfonamides is 1. The third kappa shape index (κ3) is 6.33. The summed E-state index contributed by atoms with van der Waals surface area (Å²) in [7, 11) is -2.79. The summed E-state index contributed by atoms with van der Waals surface area (Å²) in [5.41, 5.74) is 1.33. The van der Waals surface area contributed by atoms with Crippen LogP contribution in [-0.4, -0.2) is 53.1 Å². The Balaban J connectivity index is 1.47. The number of ether oxygens (including phenoxy) is 4. The Morgan fingerprint density at radius 1 is 1.12 bits per heavy atom. The van der Waals surface area contributed by atoms with Crippen molar-refractivity contribution in [3.63, 3.8) is 0 Å². The predicted octanol–water partition coefficient (Wildman–Crippen LogP) is 0.994. The lowest BCUT2D eigenvalue weighted by Gasteiger charge is -2.10. The molecule has 0 unspecified atom stereocenters. The topological polar surface area (TPSA) is 165 Å². The Bertz CT molecular complexity index is 1200. The second kappa shape index (κ2) is 10.2. The van der Waals surface area contributed by atoms with E-state index in [-0.39, 0.29) is 23.1 Å². The molecule has 2 aromatic rings. The highest BCUT2D eigenvalue weighted by atomic mass is 32.2. The van der Waals surface area contributed by atoms with Gasteiger partial charge in [0.2, 0.25) is 23.4 Å². The number of carbonyl (C=O) groups excluding carboxylic acids is 2. The summed E-state index contributed by atoms with van der Waals surface area (Å²) in [5.74, 6) is -0.290. The maximum Gasteiger partial charge on any atom is 0.347 e. The number of amides is 1. The minimum absolute atomic E-state index is 0.0238. The molecule has 0 atom stereocenters. The van der Waals surface area contributed by atoms with E-state index in [1.807, 2.05) is 0 Å². The molecule has 3 rings (SSSR count). The zero-order valence-corrected chi connectivity index (χ0v) is 18.5. The van der Waals surface area contributed by atoms with E-state index in [9.17, 15) is 18.0 Å². The van der Waals surface area contributed by atoms with Gasteiger partial charge in [0.05, 0.1) is 12.8 Å². The van der Waals surface area contributed by atoms with Crippen LogP contribution in [0.4, 0.5) is 5.69 Å². The van der Waals surface area contributed by atoms with Crippen LogP contribution in [0.1, 0.15) is 12.5 Å². The minimum atomic E-state index is -4.07. The SMILES string of the molecule is COc1ccc(NC(=O)COC(=O)CO/N=C(\C)c2ccc3c(c2)OCO3)cc1S(N)(=O)=O. The van der Waals surface area contributed by atoms with E-state index in [2.05, 4.69) is 10.5 Å². The highest BCUT2D eigenvalue weighted by Gasteiger charge is 2.17. The van der Waals surface area contributed by atoms with Crippen molar-refractivity contribution in [2.45, 2.75) is 11.8 Å². The first kappa shape index (κ1) is 23.8. The van der Waals surface area contributed by atoms with Crippen molar-refractivity contribution in [2.24, 2.45) is 10.3 Å². The van der Waals surface area contributed by atoms with Gasteiger partial charge in [-0.3, -0.25) is 4.79 Å². The Morgan fingerprint density at radius 2 is 1.88 bits per heavy atom. The van der Waals surface area contributed by atoms with Gasteiger partial charge in [0.15, 0.2) is 18.1 Å². The van der Waals surface area contributed by atoms with Crippen LogP contribution in [0.5, 0.6) is 17.2 Å². The maximum atomic E-state index is 12.0. The number of benzene rings is 2. The fourth-order valence-corrected chi connectivity index (χ4v) is 3.44. The molecule has 0 radical (unpaired) electrons. The summed E-state index contributed by atoms with van der Waals surface area (Å²) < 4.78 is 43.5. The number of carbonyl (C=O) groups is 2. The number of primary sulfonamides is 1. The fourth-order valence-electron chi connectivity index (χ4n) is 2.72. The quantitative estimate of drug-likeness (QED) is 0.303. The average molecular weight is 479 g/mol. The van der Waals surface area contributed by atoms with Gasteiger partial charge >= 0.3 is 5.97 Å². The number of hydrogen-bond donors (Lipinski definition) is 2. The molecule has 2 aromatic carbocycles. The van der Waals surface area contributed by atoms with Crippen LogP contribution in [0.3, 0.4) is 0 Å².